The van der Waals surface area contributed by atoms with E-state index in [0.717, 1.165) is 0 Å². The van der Waals surface area contributed by atoms with Crippen molar-refractivity contribution in [3.63, 3.8) is 0 Å². The van der Waals surface area contributed by atoms with Crippen LogP contribution in [0.5, 0.6) is 0 Å². The summed E-state index contributed by atoms with van der Waals surface area (Å²) in [4.78, 5) is 10.3. The first-order chi connectivity index (χ1) is 4.22. The van der Waals surface area contributed by atoms with E-state index in [0.29, 0.717) is 0 Å². The second kappa shape index (κ2) is 2.78. The molecule has 0 aliphatic carbocycles. The van der Waals surface area contributed by atoms with Crippen molar-refractivity contribution in [3.05, 3.63) is 5.69 Å². The Labute approximate surface area is 55.3 Å². The molecule has 7 nitrogen and oxygen atoms in total. The highest BCUT2D eigenvalue weighted by Crippen LogP contribution is 2.00. The number of nitrogens with two attached hydrogens (primary N) is 2. The molecule has 0 radical (unpaired) electrons. The van der Waals surface area contributed by atoms with Gasteiger partial charge in [0.15, 0.2) is 0 Å². The molecular formula is C3H6N4O3. The number of carbonyl (C=O) groups is 1. The van der Waals surface area contributed by atoms with E-state index in [1.165, 1.54) is 0 Å². The minimum absolute atomic E-state index is 0. The van der Waals surface area contributed by atoms with E-state index >= 15 is 0 Å². The number of hydrogen-bond donors (Lipinski definition) is 2. The molecule has 10 heavy (non-hydrogen) atoms. The van der Waals surface area contributed by atoms with Gasteiger partial charge in [0, 0.05) is 0 Å². The Bertz CT molecular complexity index is 231. The second-order valence-electron chi connectivity index (χ2n) is 1.36. The van der Waals surface area contributed by atoms with Crippen molar-refractivity contribution in [2.45, 2.75) is 0 Å². The lowest BCUT2D eigenvalue weighted by Gasteiger charge is -1.81. The minimum Gasteiger partial charge on any atom is -0.412 e. The maximum Gasteiger partial charge on any atom is 0.274 e. The van der Waals surface area contributed by atoms with Gasteiger partial charge in [-0.25, -0.2) is 4.63 Å². The lowest BCUT2D eigenvalue weighted by Crippen LogP contribution is -2.13. The van der Waals surface area contributed by atoms with Gasteiger partial charge in [-0.3, -0.25) is 4.79 Å². The quantitative estimate of drug-likeness (QED) is 0.468. The zero-order chi connectivity index (χ0) is 6.85. The van der Waals surface area contributed by atoms with Gasteiger partial charge in [0.05, 0.1) is 0 Å². The molecule has 0 fully saturated rings. The summed E-state index contributed by atoms with van der Waals surface area (Å²) in [5.41, 5.74) is 9.72. The molecule has 7 heteroatoms. The molecule has 56 valence electrons. The number of anilines is 1. The molecule has 6 N–H and O–H groups in total. The third-order valence-corrected chi connectivity index (χ3v) is 0.747. The molecule has 1 aromatic rings. The van der Waals surface area contributed by atoms with E-state index in [2.05, 4.69) is 14.9 Å². The molecule has 0 aliphatic heterocycles. The average Bonchev–Trinajstić information content (AvgIpc) is 2.13. The SMILES string of the molecule is NC(=O)c1nonc1N.O. The van der Waals surface area contributed by atoms with Crippen LogP contribution in [0.1, 0.15) is 10.5 Å². The fourth-order valence-corrected chi connectivity index (χ4v) is 0.366. The highest BCUT2D eigenvalue weighted by atomic mass is 16.6. The fourth-order valence-electron chi connectivity index (χ4n) is 0.366. The van der Waals surface area contributed by atoms with Crippen LogP contribution in [0.4, 0.5) is 5.82 Å². The van der Waals surface area contributed by atoms with Crippen LogP contribution in [0.25, 0.3) is 0 Å². The summed E-state index contributed by atoms with van der Waals surface area (Å²) in [6.07, 6.45) is 0. The van der Waals surface area contributed by atoms with Gasteiger partial charge in [0.2, 0.25) is 11.5 Å². The lowest BCUT2D eigenvalue weighted by molar-refractivity contribution is 0.0991. The van der Waals surface area contributed by atoms with Crippen molar-refractivity contribution in [1.82, 2.24) is 10.3 Å². The van der Waals surface area contributed by atoms with Gasteiger partial charge in [-0.1, -0.05) is 0 Å². The van der Waals surface area contributed by atoms with Crippen molar-refractivity contribution < 1.29 is 14.9 Å². The number of primary amides is 1. The monoisotopic (exact) mass is 146 g/mol. The van der Waals surface area contributed by atoms with Crippen molar-refractivity contribution in [2.24, 2.45) is 5.73 Å². The lowest BCUT2D eigenvalue weighted by atomic mass is 10.4. The molecule has 1 heterocycles. The van der Waals surface area contributed by atoms with Gasteiger partial charge in [-0.15, -0.1) is 0 Å². The molecule has 0 aromatic carbocycles. The zero-order valence-corrected chi connectivity index (χ0v) is 4.87. The number of hydrogen-bond acceptors (Lipinski definition) is 5. The first kappa shape index (κ1) is 8.37. The summed E-state index contributed by atoms with van der Waals surface area (Å²) in [6, 6.07) is 0. The Morgan fingerprint density at radius 3 is 2.30 bits per heavy atom. The summed E-state index contributed by atoms with van der Waals surface area (Å²) < 4.78 is 4.08. The molecule has 1 amide bonds. The molecule has 0 spiro atoms. The van der Waals surface area contributed by atoms with Crippen molar-refractivity contribution in [2.75, 3.05) is 5.73 Å². The molecular weight excluding hydrogens is 140 g/mol. The summed E-state index contributed by atoms with van der Waals surface area (Å²) in [7, 11) is 0. The van der Waals surface area contributed by atoms with Crippen LogP contribution < -0.4 is 11.5 Å². The average molecular weight is 146 g/mol. The molecule has 0 bridgehead atoms. The Balaban J connectivity index is 0.000000810. The Hall–Kier alpha value is -1.63. The molecule has 0 saturated carbocycles. The van der Waals surface area contributed by atoms with Crippen LogP contribution in [-0.2, 0) is 0 Å². The van der Waals surface area contributed by atoms with Crippen LogP contribution in [0, 0.1) is 0 Å². The molecule has 0 aliphatic rings. The maximum atomic E-state index is 10.3. The molecule has 0 saturated heterocycles. The van der Waals surface area contributed by atoms with Crippen LogP contribution in [0.2, 0.25) is 0 Å². The predicted octanol–water partition coefficient (Wildman–Crippen LogP) is -2.07. The van der Waals surface area contributed by atoms with Gasteiger partial charge in [-0.05, 0) is 10.3 Å². The summed E-state index contributed by atoms with van der Waals surface area (Å²) in [5.74, 6) is -0.823. The third kappa shape index (κ3) is 1.20. The highest BCUT2D eigenvalue weighted by molar-refractivity contribution is 5.94. The minimum atomic E-state index is -0.742. The largest absolute Gasteiger partial charge is 0.412 e. The normalized spacial score (nSPS) is 8.40. The highest BCUT2D eigenvalue weighted by Gasteiger charge is 2.10. The predicted molar refractivity (Wildman–Crippen MR) is 30.8 cm³/mol. The number of nitrogens with zero attached hydrogens (tertiary/aromatic N) is 2. The van der Waals surface area contributed by atoms with Gasteiger partial charge >= 0.3 is 0 Å². The van der Waals surface area contributed by atoms with Crippen LogP contribution in [-0.4, -0.2) is 21.7 Å². The Kier molecular flexibility index (Phi) is 2.33. The number of aromatic nitrogens is 2. The molecule has 1 rings (SSSR count). The number of amides is 1. The molecule has 0 unspecified atom stereocenters. The first-order valence-electron chi connectivity index (χ1n) is 2.09. The van der Waals surface area contributed by atoms with E-state index < -0.39 is 5.91 Å². The fraction of sp³-hybridized carbons (Fsp3) is 0. The summed E-state index contributed by atoms with van der Waals surface area (Å²) >= 11 is 0. The van der Waals surface area contributed by atoms with Gasteiger partial charge in [-0.2, -0.15) is 0 Å². The smallest absolute Gasteiger partial charge is 0.274 e. The maximum absolute atomic E-state index is 10.3. The van der Waals surface area contributed by atoms with Crippen LogP contribution >= 0.6 is 0 Å². The van der Waals surface area contributed by atoms with Crippen molar-refractivity contribution in [1.29, 1.82) is 0 Å². The first-order valence-corrected chi connectivity index (χ1v) is 2.09. The summed E-state index contributed by atoms with van der Waals surface area (Å²) in [6.45, 7) is 0. The second-order valence-corrected chi connectivity index (χ2v) is 1.36. The number of nitrogen functional groups attached to an aromatic ring is 1. The Morgan fingerprint density at radius 1 is 1.50 bits per heavy atom. The van der Waals surface area contributed by atoms with Gasteiger partial charge in [0.25, 0.3) is 5.91 Å². The van der Waals surface area contributed by atoms with Gasteiger partial charge in [0.1, 0.15) is 0 Å². The van der Waals surface area contributed by atoms with Crippen molar-refractivity contribution >= 4 is 11.7 Å². The third-order valence-electron chi connectivity index (χ3n) is 0.747. The number of rotatable bonds is 1. The van der Waals surface area contributed by atoms with Crippen LogP contribution in [0.15, 0.2) is 4.63 Å². The van der Waals surface area contributed by atoms with E-state index in [1.54, 1.807) is 0 Å². The van der Waals surface area contributed by atoms with E-state index in [4.69, 9.17) is 11.5 Å². The topological polar surface area (TPSA) is 140 Å². The Morgan fingerprint density at radius 2 is 2.10 bits per heavy atom. The van der Waals surface area contributed by atoms with E-state index in [1.807, 2.05) is 0 Å². The van der Waals surface area contributed by atoms with E-state index in [9.17, 15) is 4.79 Å². The molecule has 1 aromatic heterocycles. The molecule has 0 atom stereocenters. The van der Waals surface area contributed by atoms with E-state index in [-0.39, 0.29) is 17.0 Å². The number of carbonyl (C=O) groups excluding carboxylic acids is 1. The standard InChI is InChI=1S/C3H4N4O2.H2O/c4-2-1(3(5)8)6-9-7-2;/h(H2,4,7)(H2,5,8);1H2. The zero-order valence-electron chi connectivity index (χ0n) is 4.87. The summed E-state index contributed by atoms with van der Waals surface area (Å²) in [5, 5.41) is 6.26. The van der Waals surface area contributed by atoms with Gasteiger partial charge < -0.3 is 16.9 Å². The van der Waals surface area contributed by atoms with Crippen LogP contribution in [0.3, 0.4) is 0 Å². The van der Waals surface area contributed by atoms with Crippen molar-refractivity contribution in [3.8, 4) is 0 Å².